The van der Waals surface area contributed by atoms with Crippen molar-refractivity contribution in [2.75, 3.05) is 38.3 Å². The summed E-state index contributed by atoms with van der Waals surface area (Å²) in [7, 11) is 1.64. The Morgan fingerprint density at radius 2 is 1.90 bits per heavy atom. The van der Waals surface area contributed by atoms with E-state index in [1.807, 2.05) is 0 Å². The van der Waals surface area contributed by atoms with E-state index in [2.05, 4.69) is 19.8 Å². The summed E-state index contributed by atoms with van der Waals surface area (Å²) < 4.78 is 5.24. The molecule has 10 nitrogen and oxygen atoms in total. The van der Waals surface area contributed by atoms with E-state index in [-0.39, 0.29) is 19.6 Å². The summed E-state index contributed by atoms with van der Waals surface area (Å²) >= 11 is 0. The van der Waals surface area contributed by atoms with Crippen LogP contribution in [0.5, 0.6) is 5.88 Å². The molecule has 10 heteroatoms. The van der Waals surface area contributed by atoms with Crippen LogP contribution in [0.2, 0.25) is 0 Å². The van der Waals surface area contributed by atoms with Crippen molar-refractivity contribution >= 4 is 18.9 Å². The van der Waals surface area contributed by atoms with Crippen LogP contribution >= 0.6 is 0 Å². The molecule has 0 aromatic carbocycles. The van der Waals surface area contributed by atoms with Crippen LogP contribution in [0.4, 0.5) is 5.95 Å². The normalized spacial score (nSPS) is 27.9. The van der Waals surface area contributed by atoms with Gasteiger partial charge in [0.15, 0.2) is 0 Å². The second-order valence-electron chi connectivity index (χ2n) is 7.32. The largest absolute Gasteiger partial charge is 0.483 e. The van der Waals surface area contributed by atoms with E-state index < -0.39 is 0 Å². The van der Waals surface area contributed by atoms with Crippen molar-refractivity contribution in [1.29, 1.82) is 0 Å². The fourth-order valence-corrected chi connectivity index (χ4v) is 4.92. The number of aliphatic hydroxyl groups is 1. The average Bonchev–Trinajstić information content (AvgIpc) is 2.75. The molecule has 4 heterocycles. The SMILES string of the molecule is COc1ccnc(N2C[C@H]3C[C@@H](C2)[C@H](CO)N2CCCC[C@@H]32)n1.O=CO.O=CO. The zero-order valence-electron chi connectivity index (χ0n) is 16.6. The van der Waals surface area contributed by atoms with Gasteiger partial charge in [0, 0.05) is 37.4 Å². The summed E-state index contributed by atoms with van der Waals surface area (Å²) in [6.45, 7) is 2.86. The van der Waals surface area contributed by atoms with Crippen LogP contribution in [0.1, 0.15) is 25.7 Å². The Labute approximate surface area is 170 Å². The second kappa shape index (κ2) is 11.5. The Bertz CT molecular complexity index is 629. The number of aromatic nitrogens is 2. The lowest BCUT2D eigenvalue weighted by Gasteiger charge is -2.56. The smallest absolute Gasteiger partial charge is 0.290 e. The van der Waals surface area contributed by atoms with Crippen molar-refractivity contribution in [3.63, 3.8) is 0 Å². The summed E-state index contributed by atoms with van der Waals surface area (Å²) in [6.07, 6.45) is 6.85. The van der Waals surface area contributed by atoms with Gasteiger partial charge in [0.25, 0.3) is 12.9 Å². The predicted octanol–water partition coefficient (Wildman–Crippen LogP) is 0.558. The maximum atomic E-state index is 9.97. The standard InChI is InChI=1S/C17H26N4O2.2CH2O2/c1-23-16-5-6-18-17(19-16)20-9-12-8-13(10-20)15(11-22)21-7-3-2-4-14(12)21;2*2-1-3/h5-6,12-15,22H,2-4,7-11H2,1H3;2*1H,(H,2,3)/t12-,13+,14+,15+;;/m1../s1. The molecule has 3 aliphatic rings. The van der Waals surface area contributed by atoms with Crippen LogP contribution in [0.3, 0.4) is 0 Å². The van der Waals surface area contributed by atoms with E-state index in [9.17, 15) is 5.11 Å². The van der Waals surface area contributed by atoms with Gasteiger partial charge in [0.05, 0.1) is 13.7 Å². The number of hydrogen-bond acceptors (Lipinski definition) is 8. The first-order valence-electron chi connectivity index (χ1n) is 9.77. The van der Waals surface area contributed by atoms with Crippen molar-refractivity contribution in [3.05, 3.63) is 12.3 Å². The van der Waals surface area contributed by atoms with Crippen molar-refractivity contribution < 1.29 is 29.6 Å². The molecule has 29 heavy (non-hydrogen) atoms. The van der Waals surface area contributed by atoms with E-state index in [1.54, 1.807) is 19.4 Å². The van der Waals surface area contributed by atoms with Crippen LogP contribution in [0, 0.1) is 11.8 Å². The molecule has 0 saturated carbocycles. The predicted molar refractivity (Wildman–Crippen MR) is 105 cm³/mol. The summed E-state index contributed by atoms with van der Waals surface area (Å²) in [6, 6.07) is 2.70. The molecule has 0 spiro atoms. The van der Waals surface area contributed by atoms with Crippen LogP contribution in [0.25, 0.3) is 0 Å². The van der Waals surface area contributed by atoms with Gasteiger partial charge < -0.3 is 25.0 Å². The molecule has 4 rings (SSSR count). The first kappa shape index (κ1) is 22.8. The number of piperidine rings is 3. The first-order chi connectivity index (χ1) is 14.1. The first-order valence-corrected chi connectivity index (χ1v) is 9.77. The molecule has 0 unspecified atom stereocenters. The third-order valence-electron chi connectivity index (χ3n) is 5.92. The zero-order valence-corrected chi connectivity index (χ0v) is 16.6. The van der Waals surface area contributed by atoms with Crippen LogP contribution in [-0.4, -0.2) is 88.6 Å². The Kier molecular flexibility index (Phi) is 9.07. The van der Waals surface area contributed by atoms with Gasteiger partial charge in [-0.25, -0.2) is 4.98 Å². The molecule has 3 fully saturated rings. The number of hydrogen-bond donors (Lipinski definition) is 3. The van der Waals surface area contributed by atoms with Gasteiger partial charge in [-0.15, -0.1) is 0 Å². The van der Waals surface area contributed by atoms with Crippen molar-refractivity contribution in [2.45, 2.75) is 37.8 Å². The molecule has 1 aromatic rings. The number of aliphatic hydroxyl groups excluding tert-OH is 1. The number of methoxy groups -OCH3 is 1. The molecule has 0 radical (unpaired) electrons. The molecule has 0 aliphatic carbocycles. The summed E-state index contributed by atoms with van der Waals surface area (Å²) in [5.74, 6) is 2.54. The Hall–Kier alpha value is -2.46. The average molecular weight is 410 g/mol. The van der Waals surface area contributed by atoms with Crippen LogP contribution < -0.4 is 9.64 Å². The highest BCUT2D eigenvalue weighted by molar-refractivity contribution is 5.34. The molecule has 3 saturated heterocycles. The highest BCUT2D eigenvalue weighted by Crippen LogP contribution is 2.41. The van der Waals surface area contributed by atoms with Crippen molar-refractivity contribution in [1.82, 2.24) is 14.9 Å². The van der Waals surface area contributed by atoms with Crippen LogP contribution in [-0.2, 0) is 9.59 Å². The minimum Gasteiger partial charge on any atom is -0.483 e. The van der Waals surface area contributed by atoms with Gasteiger partial charge in [0.2, 0.25) is 11.8 Å². The highest BCUT2D eigenvalue weighted by atomic mass is 16.5. The fourth-order valence-electron chi connectivity index (χ4n) is 4.92. The van der Waals surface area contributed by atoms with E-state index in [1.165, 1.54) is 25.7 Å². The van der Waals surface area contributed by atoms with E-state index in [0.29, 0.717) is 29.8 Å². The lowest BCUT2D eigenvalue weighted by atomic mass is 9.72. The lowest BCUT2D eigenvalue weighted by molar-refractivity contribution is -0.123. The second-order valence-corrected chi connectivity index (χ2v) is 7.32. The van der Waals surface area contributed by atoms with Gasteiger partial charge in [-0.05, 0) is 37.6 Å². The maximum Gasteiger partial charge on any atom is 0.290 e. The topological polar surface area (TPSA) is 136 Å². The third-order valence-corrected chi connectivity index (χ3v) is 5.92. The quantitative estimate of drug-likeness (QED) is 0.606. The fraction of sp³-hybridized carbons (Fsp3) is 0.684. The Morgan fingerprint density at radius 1 is 1.21 bits per heavy atom. The number of nitrogens with zero attached hydrogens (tertiary/aromatic N) is 4. The lowest BCUT2D eigenvalue weighted by Crippen LogP contribution is -2.64. The maximum absolute atomic E-state index is 9.97. The van der Waals surface area contributed by atoms with Crippen molar-refractivity contribution in [3.8, 4) is 5.88 Å². The molecule has 2 bridgehead atoms. The summed E-state index contributed by atoms with van der Waals surface area (Å²) in [5, 5.41) is 23.7. The highest BCUT2D eigenvalue weighted by Gasteiger charge is 2.47. The molecule has 1 aromatic heterocycles. The monoisotopic (exact) mass is 410 g/mol. The van der Waals surface area contributed by atoms with Gasteiger partial charge in [-0.1, -0.05) is 6.42 Å². The number of anilines is 1. The molecule has 4 atom stereocenters. The van der Waals surface area contributed by atoms with Gasteiger partial charge in [-0.3, -0.25) is 14.5 Å². The van der Waals surface area contributed by atoms with Gasteiger partial charge in [0.1, 0.15) is 0 Å². The van der Waals surface area contributed by atoms with E-state index in [4.69, 9.17) is 24.5 Å². The zero-order chi connectivity index (χ0) is 21.2. The number of ether oxygens (including phenoxy) is 1. The number of rotatable bonds is 3. The van der Waals surface area contributed by atoms with E-state index >= 15 is 0 Å². The van der Waals surface area contributed by atoms with Crippen LogP contribution in [0.15, 0.2) is 12.3 Å². The molecular formula is C19H30N4O6. The Morgan fingerprint density at radius 3 is 2.55 bits per heavy atom. The minimum atomic E-state index is -0.250. The summed E-state index contributed by atoms with van der Waals surface area (Å²) in [4.78, 5) is 30.6. The van der Waals surface area contributed by atoms with E-state index in [0.717, 1.165) is 25.6 Å². The molecule has 0 amide bonds. The minimum absolute atomic E-state index is 0.250. The third kappa shape index (κ3) is 5.54. The molecule has 3 N–H and O–H groups in total. The number of carboxylic acid groups (broad SMARTS) is 2. The number of carbonyl (C=O) groups is 2. The van der Waals surface area contributed by atoms with Gasteiger partial charge >= 0.3 is 0 Å². The molecule has 3 aliphatic heterocycles. The molecule has 162 valence electrons. The van der Waals surface area contributed by atoms with Crippen molar-refractivity contribution in [2.24, 2.45) is 11.8 Å². The summed E-state index contributed by atoms with van der Waals surface area (Å²) in [5.41, 5.74) is 0. The Balaban J connectivity index is 0.000000449. The number of fused-ring (bicyclic) bond motifs is 4. The van der Waals surface area contributed by atoms with Gasteiger partial charge in [-0.2, -0.15) is 4.98 Å². The molecular weight excluding hydrogens is 380 g/mol.